The fraction of sp³-hybridized carbons (Fsp3) is 1.00. The van der Waals surface area contributed by atoms with Crippen LogP contribution in [0.3, 0.4) is 0 Å². The molecule has 0 aromatic heterocycles. The van der Waals surface area contributed by atoms with Gasteiger partial charge in [0.25, 0.3) is 0 Å². The van der Waals surface area contributed by atoms with Gasteiger partial charge in [-0.2, -0.15) is 0 Å². The Morgan fingerprint density at radius 3 is 2.30 bits per heavy atom. The summed E-state index contributed by atoms with van der Waals surface area (Å²) in [6.07, 6.45) is 6.28. The highest BCUT2D eigenvalue weighted by Gasteiger charge is 2.26. The van der Waals surface area contributed by atoms with Crippen molar-refractivity contribution in [2.75, 3.05) is 6.67 Å². The lowest BCUT2D eigenvalue weighted by Crippen LogP contribution is -2.41. The van der Waals surface area contributed by atoms with Crippen molar-refractivity contribution < 1.29 is 4.39 Å². The molecule has 0 spiro atoms. The van der Waals surface area contributed by atoms with E-state index < -0.39 is 0 Å². The molecule has 0 amide bonds. The molecule has 0 aliphatic heterocycles. The van der Waals surface area contributed by atoms with E-state index in [1.165, 1.54) is 19.3 Å². The van der Waals surface area contributed by atoms with E-state index in [2.05, 4.69) is 0 Å². The molecule has 10 heavy (non-hydrogen) atoms. The second-order valence-corrected chi connectivity index (χ2v) is 3.36. The summed E-state index contributed by atoms with van der Waals surface area (Å²) in [6, 6.07) is 0. The number of rotatable bonds is 2. The van der Waals surface area contributed by atoms with Gasteiger partial charge >= 0.3 is 0 Å². The summed E-state index contributed by atoms with van der Waals surface area (Å²) in [5, 5.41) is 0. The maximum Gasteiger partial charge on any atom is 0.0911 e. The summed E-state index contributed by atoms with van der Waals surface area (Å²) in [4.78, 5) is 0. The summed E-state index contributed by atoms with van der Waals surface area (Å²) < 4.78 is 11.9. The lowest BCUT2D eigenvalue weighted by atomic mass is 9.81. The first-order valence-electron chi connectivity index (χ1n) is 4.12. The van der Waals surface area contributed by atoms with Crippen molar-refractivity contribution in [3.05, 3.63) is 0 Å². The number of hydrogen-bond acceptors (Lipinski definition) is 1. The van der Waals surface area contributed by atoms with Gasteiger partial charge in [-0.05, 0) is 19.3 Å². The second-order valence-electron chi connectivity index (χ2n) is 3.36. The lowest BCUT2D eigenvalue weighted by Gasteiger charge is -2.32. The zero-order valence-electron chi connectivity index (χ0n) is 6.41. The van der Waals surface area contributed by atoms with E-state index in [-0.39, 0.29) is 12.2 Å². The maximum absolute atomic E-state index is 11.9. The highest BCUT2D eigenvalue weighted by molar-refractivity contribution is 4.86. The quantitative estimate of drug-likeness (QED) is 0.632. The van der Waals surface area contributed by atoms with Gasteiger partial charge in [-0.3, -0.25) is 4.39 Å². The van der Waals surface area contributed by atoms with Crippen molar-refractivity contribution in [3.63, 3.8) is 0 Å². The summed E-state index contributed by atoms with van der Waals surface area (Å²) in [6.45, 7) is -0.253. The van der Waals surface area contributed by atoms with Crippen molar-refractivity contribution in [3.8, 4) is 0 Å². The van der Waals surface area contributed by atoms with Crippen LogP contribution in [0, 0.1) is 0 Å². The monoisotopic (exact) mass is 145 g/mol. The first-order chi connectivity index (χ1) is 4.77. The highest BCUT2D eigenvalue weighted by atomic mass is 19.1. The molecule has 2 heteroatoms. The molecule has 0 radical (unpaired) electrons. The van der Waals surface area contributed by atoms with Gasteiger partial charge in [-0.1, -0.05) is 19.3 Å². The Bertz CT molecular complexity index is 91.9. The van der Waals surface area contributed by atoms with E-state index in [0.717, 1.165) is 12.8 Å². The van der Waals surface area contributed by atoms with E-state index in [0.29, 0.717) is 6.42 Å². The van der Waals surface area contributed by atoms with E-state index in [1.54, 1.807) is 0 Å². The third-order valence-electron chi connectivity index (χ3n) is 2.44. The molecule has 0 bridgehead atoms. The van der Waals surface area contributed by atoms with Gasteiger partial charge in [0.15, 0.2) is 0 Å². The zero-order chi connectivity index (χ0) is 7.45. The van der Waals surface area contributed by atoms with Gasteiger partial charge in [-0.25, -0.2) is 0 Å². The Kier molecular flexibility index (Phi) is 2.66. The predicted molar refractivity (Wildman–Crippen MR) is 40.6 cm³/mol. The molecule has 0 heterocycles. The number of halogens is 1. The molecule has 1 nitrogen and oxygen atoms in total. The minimum atomic E-state index is -0.253. The molecule has 1 aliphatic rings. The van der Waals surface area contributed by atoms with Crippen LogP contribution < -0.4 is 5.73 Å². The molecule has 1 saturated carbocycles. The molecule has 0 aromatic rings. The van der Waals surface area contributed by atoms with Crippen molar-refractivity contribution in [1.82, 2.24) is 0 Å². The Hall–Kier alpha value is -0.110. The number of hydrogen-bond donors (Lipinski definition) is 1. The molecular weight excluding hydrogens is 129 g/mol. The fourth-order valence-corrected chi connectivity index (χ4v) is 1.69. The van der Waals surface area contributed by atoms with E-state index in [4.69, 9.17) is 5.73 Å². The number of alkyl halides is 1. The Balaban J connectivity index is 2.32. The van der Waals surface area contributed by atoms with Crippen molar-refractivity contribution >= 4 is 0 Å². The zero-order valence-corrected chi connectivity index (χ0v) is 6.41. The second kappa shape index (κ2) is 3.33. The molecule has 0 aromatic carbocycles. The normalized spacial score (nSPS) is 24.6. The van der Waals surface area contributed by atoms with E-state index >= 15 is 0 Å². The first-order valence-corrected chi connectivity index (χ1v) is 4.12. The van der Waals surface area contributed by atoms with Crippen LogP contribution in [0.2, 0.25) is 0 Å². The molecule has 0 saturated heterocycles. The smallest absolute Gasteiger partial charge is 0.0911 e. The molecule has 0 atom stereocenters. The molecule has 0 unspecified atom stereocenters. The largest absolute Gasteiger partial charge is 0.325 e. The summed E-state index contributed by atoms with van der Waals surface area (Å²) >= 11 is 0. The fourth-order valence-electron chi connectivity index (χ4n) is 1.69. The Labute approximate surface area is 61.8 Å². The average Bonchev–Trinajstić information content (AvgIpc) is 1.89. The summed E-state index contributed by atoms with van der Waals surface area (Å²) in [5.41, 5.74) is 5.78. The molecule has 1 aliphatic carbocycles. The van der Waals surface area contributed by atoms with Gasteiger partial charge in [0, 0.05) is 5.54 Å². The SMILES string of the molecule is NC1(CCF)CCCCC1. The van der Waals surface area contributed by atoms with Crippen LogP contribution >= 0.6 is 0 Å². The Morgan fingerprint density at radius 1 is 1.20 bits per heavy atom. The van der Waals surface area contributed by atoms with Crippen molar-refractivity contribution in [2.24, 2.45) is 5.73 Å². The van der Waals surface area contributed by atoms with Gasteiger partial charge in [0.1, 0.15) is 0 Å². The van der Waals surface area contributed by atoms with Crippen LogP contribution in [0.25, 0.3) is 0 Å². The predicted octanol–water partition coefficient (Wildman–Crippen LogP) is 2.01. The van der Waals surface area contributed by atoms with Gasteiger partial charge in [0.05, 0.1) is 6.67 Å². The van der Waals surface area contributed by atoms with Crippen LogP contribution in [0.5, 0.6) is 0 Å². The van der Waals surface area contributed by atoms with Crippen LogP contribution in [0.4, 0.5) is 4.39 Å². The van der Waals surface area contributed by atoms with E-state index in [9.17, 15) is 4.39 Å². The summed E-state index contributed by atoms with van der Waals surface area (Å²) in [5.74, 6) is 0. The Morgan fingerprint density at radius 2 is 1.80 bits per heavy atom. The van der Waals surface area contributed by atoms with Crippen LogP contribution in [0.1, 0.15) is 38.5 Å². The lowest BCUT2D eigenvalue weighted by molar-refractivity contribution is 0.253. The standard InChI is InChI=1S/C8H16FN/c9-7-6-8(10)4-2-1-3-5-8/h1-7,10H2. The molecule has 1 rings (SSSR count). The third kappa shape index (κ3) is 1.94. The highest BCUT2D eigenvalue weighted by Crippen LogP contribution is 2.28. The summed E-state index contributed by atoms with van der Waals surface area (Å²) in [7, 11) is 0. The minimum absolute atomic E-state index is 0.146. The van der Waals surface area contributed by atoms with Crippen molar-refractivity contribution in [1.29, 1.82) is 0 Å². The van der Waals surface area contributed by atoms with E-state index in [1.807, 2.05) is 0 Å². The molecule has 60 valence electrons. The molecular formula is C8H16FN. The minimum Gasteiger partial charge on any atom is -0.325 e. The first kappa shape index (κ1) is 7.99. The number of nitrogens with two attached hydrogens (primary N) is 1. The topological polar surface area (TPSA) is 26.0 Å². The van der Waals surface area contributed by atoms with Gasteiger partial charge in [0.2, 0.25) is 0 Å². The average molecular weight is 145 g/mol. The van der Waals surface area contributed by atoms with Crippen LogP contribution in [-0.4, -0.2) is 12.2 Å². The van der Waals surface area contributed by atoms with Crippen molar-refractivity contribution in [2.45, 2.75) is 44.1 Å². The molecule has 2 N–H and O–H groups in total. The maximum atomic E-state index is 11.9. The van der Waals surface area contributed by atoms with Crippen LogP contribution in [-0.2, 0) is 0 Å². The van der Waals surface area contributed by atoms with Gasteiger partial charge in [-0.15, -0.1) is 0 Å². The third-order valence-corrected chi connectivity index (χ3v) is 2.44. The van der Waals surface area contributed by atoms with Gasteiger partial charge < -0.3 is 5.73 Å². The van der Waals surface area contributed by atoms with Crippen LogP contribution in [0.15, 0.2) is 0 Å². The molecule has 1 fully saturated rings.